The van der Waals surface area contributed by atoms with Gasteiger partial charge in [0, 0.05) is 12.6 Å². The molecular weight excluding hydrogens is 337 g/mol. The van der Waals surface area contributed by atoms with Crippen LogP contribution in [0.1, 0.15) is 42.0 Å². The molecule has 2 aromatic rings. The lowest BCUT2D eigenvalue weighted by Crippen LogP contribution is -2.26. The summed E-state index contributed by atoms with van der Waals surface area (Å²) < 4.78 is 0. The van der Waals surface area contributed by atoms with Crippen LogP contribution >= 0.6 is 23.2 Å². The molecule has 1 nitrogen and oxygen atoms in total. The third kappa shape index (κ3) is 4.42. The Morgan fingerprint density at radius 1 is 1.12 bits per heavy atom. The van der Waals surface area contributed by atoms with Crippen LogP contribution in [0.5, 0.6) is 0 Å². The summed E-state index contributed by atoms with van der Waals surface area (Å²) in [5.41, 5.74) is 5.51. The van der Waals surface area contributed by atoms with E-state index in [-0.39, 0.29) is 0 Å². The van der Waals surface area contributed by atoms with Crippen LogP contribution in [0.15, 0.2) is 42.5 Å². The number of benzene rings is 2. The molecular formula is C21H23Cl2N. The number of rotatable bonds is 6. The van der Waals surface area contributed by atoms with Gasteiger partial charge in [-0.2, -0.15) is 0 Å². The molecule has 126 valence electrons. The predicted molar refractivity (Wildman–Crippen MR) is 105 cm³/mol. The lowest BCUT2D eigenvalue weighted by Gasteiger charge is -2.18. The summed E-state index contributed by atoms with van der Waals surface area (Å²) in [5, 5.41) is 4.91. The molecule has 1 aliphatic rings. The topological polar surface area (TPSA) is 12.0 Å². The highest BCUT2D eigenvalue weighted by atomic mass is 35.5. The Morgan fingerprint density at radius 2 is 2.00 bits per heavy atom. The monoisotopic (exact) mass is 359 g/mol. The first-order chi connectivity index (χ1) is 11.6. The van der Waals surface area contributed by atoms with Crippen molar-refractivity contribution in [2.24, 2.45) is 0 Å². The Kier molecular flexibility index (Phi) is 5.99. The van der Waals surface area contributed by atoms with Crippen LogP contribution in [0.2, 0.25) is 10.0 Å². The highest BCUT2D eigenvalue weighted by Gasteiger charge is 2.10. The van der Waals surface area contributed by atoms with Crippen molar-refractivity contribution in [3.8, 4) is 0 Å². The first-order valence-electron chi connectivity index (χ1n) is 8.58. The molecule has 0 amide bonds. The Hall–Kier alpha value is -1.28. The molecule has 0 fully saturated rings. The van der Waals surface area contributed by atoms with Crippen molar-refractivity contribution in [1.29, 1.82) is 0 Å². The van der Waals surface area contributed by atoms with E-state index in [0.717, 1.165) is 32.2 Å². The third-order valence-electron chi connectivity index (χ3n) is 4.64. The van der Waals surface area contributed by atoms with E-state index < -0.39 is 0 Å². The van der Waals surface area contributed by atoms with E-state index in [4.69, 9.17) is 23.2 Å². The smallest absolute Gasteiger partial charge is 0.0595 e. The summed E-state index contributed by atoms with van der Waals surface area (Å²) in [4.78, 5) is 0. The van der Waals surface area contributed by atoms with Gasteiger partial charge in [-0.1, -0.05) is 59.6 Å². The van der Waals surface area contributed by atoms with E-state index in [1.807, 2.05) is 12.1 Å². The van der Waals surface area contributed by atoms with Crippen molar-refractivity contribution in [2.75, 3.05) is 0 Å². The summed E-state index contributed by atoms with van der Waals surface area (Å²) in [5.74, 6) is 0. The number of halogens is 2. The van der Waals surface area contributed by atoms with E-state index in [0.29, 0.717) is 16.1 Å². The van der Waals surface area contributed by atoms with Crippen molar-refractivity contribution >= 4 is 29.3 Å². The molecule has 1 aliphatic carbocycles. The van der Waals surface area contributed by atoms with Crippen molar-refractivity contribution in [3.05, 3.63) is 74.8 Å². The van der Waals surface area contributed by atoms with Crippen LogP contribution in [-0.2, 0) is 19.4 Å². The summed E-state index contributed by atoms with van der Waals surface area (Å²) in [7, 11) is 0. The van der Waals surface area contributed by atoms with Crippen molar-refractivity contribution in [1.82, 2.24) is 5.32 Å². The molecule has 1 atom stereocenters. The summed E-state index contributed by atoms with van der Waals surface area (Å²) in [6.07, 6.45) is 8.94. The fraction of sp³-hybridized carbons (Fsp3) is 0.333. The van der Waals surface area contributed by atoms with Crippen LogP contribution in [0.25, 0.3) is 6.08 Å². The predicted octanol–water partition coefficient (Wildman–Crippen LogP) is 6.06. The van der Waals surface area contributed by atoms with Gasteiger partial charge in [-0.15, -0.1) is 0 Å². The number of aryl methyl sites for hydroxylation is 2. The third-order valence-corrected chi connectivity index (χ3v) is 5.38. The van der Waals surface area contributed by atoms with Crippen molar-refractivity contribution in [3.63, 3.8) is 0 Å². The van der Waals surface area contributed by atoms with Crippen molar-refractivity contribution in [2.45, 2.75) is 45.2 Å². The molecule has 0 saturated carbocycles. The quantitative estimate of drug-likeness (QED) is 0.660. The second-order valence-corrected chi connectivity index (χ2v) is 7.31. The van der Waals surface area contributed by atoms with Gasteiger partial charge >= 0.3 is 0 Å². The van der Waals surface area contributed by atoms with Crippen LogP contribution < -0.4 is 5.32 Å². The minimum absolute atomic E-state index is 0.447. The average molecular weight is 360 g/mol. The lowest BCUT2D eigenvalue weighted by molar-refractivity contribution is 0.513. The zero-order chi connectivity index (χ0) is 16.9. The van der Waals surface area contributed by atoms with Gasteiger partial charge in [-0.05, 0) is 67.0 Å². The van der Waals surface area contributed by atoms with Crippen LogP contribution in [-0.4, -0.2) is 6.04 Å². The molecule has 2 aromatic carbocycles. The zero-order valence-electron chi connectivity index (χ0n) is 14.0. The lowest BCUT2D eigenvalue weighted by atomic mass is 9.93. The van der Waals surface area contributed by atoms with E-state index in [1.165, 1.54) is 22.3 Å². The zero-order valence-corrected chi connectivity index (χ0v) is 15.5. The largest absolute Gasteiger partial charge is 0.310 e. The first-order valence-corrected chi connectivity index (χ1v) is 9.33. The fourth-order valence-corrected chi connectivity index (χ4v) is 3.48. The number of hydrogen-bond donors (Lipinski definition) is 1. The number of nitrogens with one attached hydrogen (secondary N) is 1. The maximum absolute atomic E-state index is 6.08. The van der Waals surface area contributed by atoms with Gasteiger partial charge in [0.05, 0.1) is 10.0 Å². The second-order valence-electron chi connectivity index (χ2n) is 6.50. The van der Waals surface area contributed by atoms with Gasteiger partial charge in [0.1, 0.15) is 0 Å². The Labute approximate surface area is 154 Å². The second kappa shape index (κ2) is 8.20. The van der Waals surface area contributed by atoms with E-state index in [2.05, 4.69) is 48.7 Å². The Bertz CT molecular complexity index is 737. The number of fused-ring (bicyclic) bond motifs is 1. The minimum Gasteiger partial charge on any atom is -0.310 e. The molecule has 1 unspecified atom stereocenters. The molecule has 0 saturated heterocycles. The number of hydrogen-bond acceptors (Lipinski definition) is 1. The Morgan fingerprint density at radius 3 is 2.83 bits per heavy atom. The molecule has 3 rings (SSSR count). The van der Waals surface area contributed by atoms with Crippen LogP contribution in [0, 0.1) is 0 Å². The minimum atomic E-state index is 0.447. The molecule has 0 heterocycles. The number of allylic oxidation sites excluding steroid dienone is 1. The van der Waals surface area contributed by atoms with E-state index >= 15 is 0 Å². The summed E-state index contributed by atoms with van der Waals surface area (Å²) >= 11 is 12.1. The Balaban J connectivity index is 1.54. The molecule has 24 heavy (non-hydrogen) atoms. The molecule has 3 heteroatoms. The van der Waals surface area contributed by atoms with Crippen molar-refractivity contribution < 1.29 is 0 Å². The maximum Gasteiger partial charge on any atom is 0.0595 e. The fourth-order valence-electron chi connectivity index (χ4n) is 3.16. The van der Waals surface area contributed by atoms with Crippen LogP contribution in [0.4, 0.5) is 0 Å². The van der Waals surface area contributed by atoms with Crippen LogP contribution in [0.3, 0.4) is 0 Å². The van der Waals surface area contributed by atoms with E-state index in [1.54, 1.807) is 0 Å². The van der Waals surface area contributed by atoms with Gasteiger partial charge < -0.3 is 5.32 Å². The average Bonchev–Trinajstić information content (AvgIpc) is 2.61. The molecule has 0 spiro atoms. The highest BCUT2D eigenvalue weighted by molar-refractivity contribution is 6.42. The molecule has 0 aliphatic heterocycles. The molecule has 0 bridgehead atoms. The molecule has 0 radical (unpaired) electrons. The van der Waals surface area contributed by atoms with Gasteiger partial charge in [0.2, 0.25) is 0 Å². The van der Waals surface area contributed by atoms with Gasteiger partial charge in [0.25, 0.3) is 0 Å². The highest BCUT2D eigenvalue weighted by Crippen LogP contribution is 2.24. The normalized spacial score (nSPS) is 14.5. The summed E-state index contributed by atoms with van der Waals surface area (Å²) in [6.45, 7) is 3.15. The summed E-state index contributed by atoms with van der Waals surface area (Å²) in [6, 6.07) is 13.0. The molecule has 0 aromatic heterocycles. The van der Waals surface area contributed by atoms with Gasteiger partial charge in [-0.25, -0.2) is 0 Å². The van der Waals surface area contributed by atoms with Gasteiger partial charge in [0.15, 0.2) is 0 Å². The molecule has 1 N–H and O–H groups in total. The van der Waals surface area contributed by atoms with Gasteiger partial charge in [-0.3, -0.25) is 0 Å². The first kappa shape index (κ1) is 17.5. The van der Waals surface area contributed by atoms with E-state index in [9.17, 15) is 0 Å². The maximum atomic E-state index is 6.08. The SMILES string of the molecule is CC(CCc1ccc(Cl)c(Cl)c1)NCc1cccc2c1C=CCC2. The standard InChI is InChI=1S/C21H23Cl2N/c1-15(9-10-16-11-12-20(22)21(23)13-16)24-14-18-7-4-6-17-5-2-3-8-19(17)18/h3-4,6-8,11-13,15,24H,2,5,9-10,14H2,1H3.